The van der Waals surface area contributed by atoms with Gasteiger partial charge in [0.25, 0.3) is 5.91 Å². The Hall–Kier alpha value is -3.96. The zero-order valence-corrected chi connectivity index (χ0v) is 17.2. The Labute approximate surface area is 179 Å². The van der Waals surface area contributed by atoms with Crippen molar-refractivity contribution in [2.45, 2.75) is 11.8 Å². The van der Waals surface area contributed by atoms with Crippen LogP contribution < -0.4 is 9.50 Å². The zero-order chi connectivity index (χ0) is 22.4. The van der Waals surface area contributed by atoms with Gasteiger partial charge in [-0.2, -0.15) is 13.7 Å². The van der Waals surface area contributed by atoms with Crippen LogP contribution in [0.5, 0.6) is 5.75 Å². The lowest BCUT2D eigenvalue weighted by atomic mass is 10.1. The molecule has 3 aromatic rings. The summed E-state index contributed by atoms with van der Waals surface area (Å²) in [7, 11) is -3.98. The second-order valence-corrected chi connectivity index (χ2v) is 8.10. The van der Waals surface area contributed by atoms with Crippen LogP contribution in [0.25, 0.3) is 6.08 Å². The largest absolute Gasteiger partial charge is 0.379 e. The molecular weight excluding hydrogens is 419 g/mol. The first-order valence-electron chi connectivity index (χ1n) is 9.07. The van der Waals surface area contributed by atoms with Gasteiger partial charge in [-0.25, -0.2) is 4.39 Å². The fourth-order valence-electron chi connectivity index (χ4n) is 2.55. The second kappa shape index (κ2) is 9.24. The van der Waals surface area contributed by atoms with Crippen LogP contribution in [-0.2, 0) is 14.9 Å². The van der Waals surface area contributed by atoms with E-state index in [0.717, 1.165) is 5.56 Å². The molecule has 0 aliphatic heterocycles. The number of hydrogen-bond acceptors (Lipinski definition) is 5. The highest BCUT2D eigenvalue weighted by Gasteiger charge is 2.16. The molecule has 8 heteroatoms. The summed E-state index contributed by atoms with van der Waals surface area (Å²) in [6.45, 7) is 1.85. The van der Waals surface area contributed by atoms with Gasteiger partial charge in [-0.3, -0.25) is 4.79 Å². The van der Waals surface area contributed by atoms with E-state index in [2.05, 4.69) is 5.32 Å². The third-order valence-corrected chi connectivity index (χ3v) is 5.44. The minimum atomic E-state index is -3.98. The van der Waals surface area contributed by atoms with Crippen LogP contribution in [-0.4, -0.2) is 14.3 Å². The van der Waals surface area contributed by atoms with Crippen LogP contribution in [0.4, 0.5) is 10.1 Å². The average molecular weight is 436 g/mol. The first-order chi connectivity index (χ1) is 14.8. The molecule has 0 aliphatic carbocycles. The third kappa shape index (κ3) is 5.78. The minimum Gasteiger partial charge on any atom is -0.379 e. The van der Waals surface area contributed by atoms with Gasteiger partial charge in [-0.15, -0.1) is 0 Å². The Kier molecular flexibility index (Phi) is 6.48. The number of aryl methyl sites for hydroxylation is 1. The molecule has 3 rings (SSSR count). The van der Waals surface area contributed by atoms with Gasteiger partial charge >= 0.3 is 10.1 Å². The molecule has 0 saturated heterocycles. The van der Waals surface area contributed by atoms with Crippen molar-refractivity contribution < 1.29 is 21.8 Å². The molecule has 0 atom stereocenters. The predicted octanol–water partition coefficient (Wildman–Crippen LogP) is 4.45. The van der Waals surface area contributed by atoms with Crippen LogP contribution >= 0.6 is 0 Å². The van der Waals surface area contributed by atoms with Crippen molar-refractivity contribution >= 4 is 27.8 Å². The van der Waals surface area contributed by atoms with Gasteiger partial charge in [0.05, 0.1) is 0 Å². The summed E-state index contributed by atoms with van der Waals surface area (Å²) in [6, 6.07) is 19.1. The van der Waals surface area contributed by atoms with E-state index < -0.39 is 21.8 Å². The van der Waals surface area contributed by atoms with Gasteiger partial charge < -0.3 is 9.50 Å². The van der Waals surface area contributed by atoms with Crippen molar-refractivity contribution in [1.29, 1.82) is 5.26 Å². The molecule has 0 unspecified atom stereocenters. The lowest BCUT2D eigenvalue weighted by Gasteiger charge is -2.08. The predicted molar refractivity (Wildman–Crippen MR) is 114 cm³/mol. The molecule has 0 fully saturated rings. The molecule has 0 bridgehead atoms. The van der Waals surface area contributed by atoms with E-state index >= 15 is 0 Å². The Morgan fingerprint density at radius 2 is 1.61 bits per heavy atom. The number of nitrogens with one attached hydrogen (secondary N) is 1. The number of carbonyl (C=O) groups excluding carboxylic acids is 1. The lowest BCUT2D eigenvalue weighted by Crippen LogP contribution is -2.13. The van der Waals surface area contributed by atoms with Crippen LogP contribution in [0.15, 0.2) is 83.3 Å². The molecule has 0 radical (unpaired) electrons. The monoisotopic (exact) mass is 436 g/mol. The molecule has 0 heterocycles. The van der Waals surface area contributed by atoms with Crippen LogP contribution in [0.3, 0.4) is 0 Å². The van der Waals surface area contributed by atoms with Gasteiger partial charge in [0, 0.05) is 5.69 Å². The van der Waals surface area contributed by atoms with Gasteiger partial charge in [0.1, 0.15) is 28.1 Å². The highest BCUT2D eigenvalue weighted by atomic mass is 32.2. The average Bonchev–Trinajstić information content (AvgIpc) is 2.75. The van der Waals surface area contributed by atoms with Crippen molar-refractivity contribution in [2.75, 3.05) is 5.32 Å². The summed E-state index contributed by atoms with van der Waals surface area (Å²) in [5.74, 6) is -1.01. The Morgan fingerprint density at radius 1 is 1.00 bits per heavy atom. The normalized spacial score (nSPS) is 11.5. The Morgan fingerprint density at radius 3 is 2.19 bits per heavy atom. The van der Waals surface area contributed by atoms with Crippen molar-refractivity contribution in [3.05, 3.63) is 95.3 Å². The van der Waals surface area contributed by atoms with E-state index in [1.807, 2.05) is 13.0 Å². The van der Waals surface area contributed by atoms with E-state index in [9.17, 15) is 22.9 Å². The van der Waals surface area contributed by atoms with Crippen LogP contribution in [0, 0.1) is 24.1 Å². The van der Waals surface area contributed by atoms with E-state index in [4.69, 9.17) is 4.18 Å². The van der Waals surface area contributed by atoms with Crippen molar-refractivity contribution in [1.82, 2.24) is 0 Å². The Balaban J connectivity index is 1.72. The van der Waals surface area contributed by atoms with Gasteiger partial charge in [-0.1, -0.05) is 29.8 Å². The minimum absolute atomic E-state index is 0.0336. The summed E-state index contributed by atoms with van der Waals surface area (Å²) in [4.78, 5) is 12.3. The van der Waals surface area contributed by atoms with Crippen LogP contribution in [0.2, 0.25) is 0 Å². The molecular formula is C23H17FN2O4S. The SMILES string of the molecule is Cc1ccc(S(=O)(=O)Oc2ccc(/C=C(\C#N)C(=O)Nc3ccc(F)cc3)cc2)cc1. The highest BCUT2D eigenvalue weighted by Crippen LogP contribution is 2.21. The second-order valence-electron chi connectivity index (χ2n) is 6.55. The number of nitrogens with zero attached hydrogens (tertiary/aromatic N) is 1. The molecule has 0 spiro atoms. The van der Waals surface area contributed by atoms with Crippen molar-refractivity contribution in [3.63, 3.8) is 0 Å². The number of nitriles is 1. The standard InChI is InChI=1S/C23H17FN2O4S/c1-16-2-12-22(13-3-16)31(28,29)30-21-10-4-17(5-11-21)14-18(15-25)23(27)26-20-8-6-19(24)7-9-20/h2-14H,1H3,(H,26,27)/b18-14+. The van der Waals surface area contributed by atoms with E-state index in [1.165, 1.54) is 66.7 Å². The molecule has 0 saturated carbocycles. The van der Waals surface area contributed by atoms with Crippen molar-refractivity contribution in [3.8, 4) is 11.8 Å². The number of carbonyl (C=O) groups is 1. The molecule has 6 nitrogen and oxygen atoms in total. The summed E-state index contributed by atoms with van der Waals surface area (Å²) in [5.41, 5.74) is 1.58. The summed E-state index contributed by atoms with van der Waals surface area (Å²) in [6.07, 6.45) is 1.34. The first kappa shape index (κ1) is 21.7. The zero-order valence-electron chi connectivity index (χ0n) is 16.4. The molecule has 1 N–H and O–H groups in total. The molecule has 0 aliphatic rings. The number of rotatable bonds is 6. The number of hydrogen-bond donors (Lipinski definition) is 1. The maximum atomic E-state index is 13.0. The smallest absolute Gasteiger partial charge is 0.339 e. The first-order valence-corrected chi connectivity index (χ1v) is 10.5. The number of halogens is 1. The van der Waals surface area contributed by atoms with Crippen LogP contribution in [0.1, 0.15) is 11.1 Å². The van der Waals surface area contributed by atoms with E-state index in [0.29, 0.717) is 11.3 Å². The lowest BCUT2D eigenvalue weighted by molar-refractivity contribution is -0.112. The maximum Gasteiger partial charge on any atom is 0.339 e. The number of anilines is 1. The molecule has 156 valence electrons. The third-order valence-electron chi connectivity index (χ3n) is 4.17. The highest BCUT2D eigenvalue weighted by molar-refractivity contribution is 7.87. The molecule has 3 aromatic carbocycles. The summed E-state index contributed by atoms with van der Waals surface area (Å²) < 4.78 is 42.8. The molecule has 31 heavy (non-hydrogen) atoms. The quantitative estimate of drug-likeness (QED) is 0.350. The van der Waals surface area contributed by atoms with Gasteiger partial charge in [0.2, 0.25) is 0 Å². The number of amides is 1. The topological polar surface area (TPSA) is 96.3 Å². The van der Waals surface area contributed by atoms with Crippen molar-refractivity contribution in [2.24, 2.45) is 0 Å². The van der Waals surface area contributed by atoms with Gasteiger partial charge in [-0.05, 0) is 67.1 Å². The summed E-state index contributed by atoms with van der Waals surface area (Å²) in [5, 5.41) is 11.8. The fourth-order valence-corrected chi connectivity index (χ4v) is 3.48. The molecule has 0 aromatic heterocycles. The summed E-state index contributed by atoms with van der Waals surface area (Å²) >= 11 is 0. The Bertz CT molecular complexity index is 1260. The van der Waals surface area contributed by atoms with E-state index in [-0.39, 0.29) is 16.2 Å². The van der Waals surface area contributed by atoms with E-state index in [1.54, 1.807) is 12.1 Å². The maximum absolute atomic E-state index is 13.0. The molecule has 1 amide bonds. The fraction of sp³-hybridized carbons (Fsp3) is 0.0435. The van der Waals surface area contributed by atoms with Gasteiger partial charge in [0.15, 0.2) is 0 Å². The number of benzene rings is 3.